The van der Waals surface area contributed by atoms with Crippen LogP contribution in [-0.2, 0) is 5.54 Å². The van der Waals surface area contributed by atoms with E-state index in [4.69, 9.17) is 15.0 Å². The Bertz CT molecular complexity index is 842. The fourth-order valence-corrected chi connectivity index (χ4v) is 3.48. The van der Waals surface area contributed by atoms with Gasteiger partial charge in [0, 0.05) is 10.9 Å². The maximum absolute atomic E-state index is 6.24. The van der Waals surface area contributed by atoms with Crippen LogP contribution in [0.2, 0.25) is 0 Å². The third-order valence-corrected chi connectivity index (χ3v) is 5.14. The van der Waals surface area contributed by atoms with Crippen LogP contribution in [0.5, 0.6) is 5.75 Å². The van der Waals surface area contributed by atoms with E-state index in [1.54, 1.807) is 11.3 Å². The van der Waals surface area contributed by atoms with Crippen molar-refractivity contribution in [1.29, 1.82) is 0 Å². The van der Waals surface area contributed by atoms with Gasteiger partial charge in [-0.25, -0.2) is 4.98 Å². The molecular formula is C17H19ClN4O2S. The van der Waals surface area contributed by atoms with E-state index >= 15 is 0 Å². The number of halogens is 1. The first-order valence-corrected chi connectivity index (χ1v) is 8.88. The number of nitrogens with two attached hydrogens (primary N) is 1. The minimum absolute atomic E-state index is 0. The third-order valence-electron chi connectivity index (χ3n) is 4.25. The van der Waals surface area contributed by atoms with Gasteiger partial charge in [-0.2, -0.15) is 4.98 Å². The zero-order chi connectivity index (χ0) is 16.6. The maximum atomic E-state index is 6.24. The number of hydrogen-bond donors (Lipinski definition) is 1. The highest BCUT2D eigenvalue weighted by atomic mass is 35.5. The minimum atomic E-state index is -0.421. The number of hydrogen-bond acceptors (Lipinski definition) is 7. The van der Waals surface area contributed by atoms with Crippen molar-refractivity contribution in [2.45, 2.75) is 31.7 Å². The molecule has 0 spiro atoms. The molecule has 0 radical (unpaired) electrons. The number of nitrogens with zero attached hydrogens (tertiary/aromatic N) is 3. The van der Waals surface area contributed by atoms with Crippen molar-refractivity contribution in [3.63, 3.8) is 0 Å². The van der Waals surface area contributed by atoms with Gasteiger partial charge in [0.05, 0.1) is 12.1 Å². The lowest BCUT2D eigenvalue weighted by Gasteiger charge is -2.34. The van der Waals surface area contributed by atoms with Crippen molar-refractivity contribution in [3.8, 4) is 27.9 Å². The van der Waals surface area contributed by atoms with E-state index in [-0.39, 0.29) is 12.4 Å². The van der Waals surface area contributed by atoms with Crippen LogP contribution in [0.4, 0.5) is 0 Å². The lowest BCUT2D eigenvalue weighted by molar-refractivity contribution is 0.229. The van der Waals surface area contributed by atoms with Gasteiger partial charge in [-0.15, -0.1) is 23.7 Å². The van der Waals surface area contributed by atoms with Crippen molar-refractivity contribution in [2.24, 2.45) is 5.73 Å². The fraction of sp³-hybridized carbons (Fsp3) is 0.353. The second kappa shape index (κ2) is 7.11. The lowest BCUT2D eigenvalue weighted by atomic mass is 9.77. The van der Waals surface area contributed by atoms with Crippen molar-refractivity contribution in [1.82, 2.24) is 15.1 Å². The largest absolute Gasteiger partial charge is 0.494 e. The number of ether oxygens (including phenoxy) is 1. The molecule has 0 bridgehead atoms. The van der Waals surface area contributed by atoms with Crippen molar-refractivity contribution >= 4 is 23.7 Å². The van der Waals surface area contributed by atoms with Crippen molar-refractivity contribution in [3.05, 3.63) is 35.5 Å². The molecule has 0 amide bonds. The van der Waals surface area contributed by atoms with Gasteiger partial charge in [-0.3, -0.25) is 0 Å². The van der Waals surface area contributed by atoms with Crippen LogP contribution in [0.1, 0.15) is 32.0 Å². The van der Waals surface area contributed by atoms with E-state index in [0.29, 0.717) is 24.0 Å². The van der Waals surface area contributed by atoms with Gasteiger partial charge < -0.3 is 15.0 Å². The van der Waals surface area contributed by atoms with Crippen molar-refractivity contribution in [2.75, 3.05) is 6.61 Å². The van der Waals surface area contributed by atoms with Gasteiger partial charge in [0.15, 0.2) is 5.82 Å². The van der Waals surface area contributed by atoms with Gasteiger partial charge in [0.1, 0.15) is 16.5 Å². The average molecular weight is 379 g/mol. The van der Waals surface area contributed by atoms with Crippen LogP contribution in [0.3, 0.4) is 0 Å². The highest BCUT2D eigenvalue weighted by Crippen LogP contribution is 2.38. The highest BCUT2D eigenvalue weighted by molar-refractivity contribution is 7.13. The number of benzene rings is 1. The molecular weight excluding hydrogens is 360 g/mol. The number of rotatable bonds is 5. The Hall–Kier alpha value is -1.96. The molecule has 0 saturated heterocycles. The molecule has 1 aliphatic rings. The van der Waals surface area contributed by atoms with Crippen LogP contribution >= 0.6 is 23.7 Å². The third kappa shape index (κ3) is 3.40. The van der Waals surface area contributed by atoms with Gasteiger partial charge in [-0.1, -0.05) is 5.16 Å². The molecule has 3 aromatic rings. The summed E-state index contributed by atoms with van der Waals surface area (Å²) >= 11 is 1.54. The fourth-order valence-electron chi connectivity index (χ4n) is 2.68. The van der Waals surface area contributed by atoms with Crippen LogP contribution < -0.4 is 10.5 Å². The molecule has 25 heavy (non-hydrogen) atoms. The number of thiazole rings is 1. The van der Waals surface area contributed by atoms with Gasteiger partial charge in [0.25, 0.3) is 5.89 Å². The Balaban J connectivity index is 0.00000182. The molecule has 1 aromatic carbocycles. The minimum Gasteiger partial charge on any atom is -0.494 e. The van der Waals surface area contributed by atoms with Gasteiger partial charge >= 0.3 is 0 Å². The molecule has 2 N–H and O–H groups in total. The van der Waals surface area contributed by atoms with Crippen LogP contribution in [-0.4, -0.2) is 21.7 Å². The molecule has 1 saturated carbocycles. The summed E-state index contributed by atoms with van der Waals surface area (Å²) in [7, 11) is 0. The van der Waals surface area contributed by atoms with E-state index in [1.807, 2.05) is 36.6 Å². The molecule has 132 valence electrons. The van der Waals surface area contributed by atoms with Crippen molar-refractivity contribution < 1.29 is 9.26 Å². The smallest absolute Gasteiger partial charge is 0.277 e. The topological polar surface area (TPSA) is 87.1 Å². The molecule has 8 heteroatoms. The van der Waals surface area contributed by atoms with Crippen LogP contribution in [0.25, 0.3) is 22.2 Å². The molecule has 6 nitrogen and oxygen atoms in total. The van der Waals surface area contributed by atoms with E-state index in [0.717, 1.165) is 35.6 Å². The van der Waals surface area contributed by atoms with E-state index in [9.17, 15) is 0 Å². The lowest BCUT2D eigenvalue weighted by Crippen LogP contribution is -2.44. The number of aromatic nitrogens is 3. The quantitative estimate of drug-likeness (QED) is 0.721. The Morgan fingerprint density at radius 2 is 2.00 bits per heavy atom. The van der Waals surface area contributed by atoms with E-state index in [2.05, 4.69) is 15.1 Å². The molecule has 1 fully saturated rings. The van der Waals surface area contributed by atoms with Crippen LogP contribution in [0.15, 0.2) is 34.2 Å². The summed E-state index contributed by atoms with van der Waals surface area (Å²) in [6.07, 6.45) is 2.92. The predicted octanol–water partition coefficient (Wildman–Crippen LogP) is 4.02. The summed E-state index contributed by atoms with van der Waals surface area (Å²) in [6, 6.07) is 7.88. The normalized spacial score (nSPS) is 15.3. The summed E-state index contributed by atoms with van der Waals surface area (Å²) in [5.41, 5.74) is 7.53. The second-order valence-corrected chi connectivity index (χ2v) is 6.79. The zero-order valence-electron chi connectivity index (χ0n) is 13.8. The molecule has 4 rings (SSSR count). The zero-order valence-corrected chi connectivity index (χ0v) is 15.4. The monoisotopic (exact) mass is 378 g/mol. The molecule has 1 aliphatic carbocycles. The Morgan fingerprint density at radius 3 is 2.64 bits per heavy atom. The molecule has 0 aliphatic heterocycles. The van der Waals surface area contributed by atoms with E-state index in [1.165, 1.54) is 0 Å². The van der Waals surface area contributed by atoms with Gasteiger partial charge in [0.2, 0.25) is 0 Å². The summed E-state index contributed by atoms with van der Waals surface area (Å²) in [6.45, 7) is 2.62. The SMILES string of the molecule is CCOc1ccc(-c2nc(-c3nc(C4(N)CCC4)no3)cs2)cc1.Cl. The molecule has 0 unspecified atom stereocenters. The average Bonchev–Trinajstić information content (AvgIpc) is 3.23. The summed E-state index contributed by atoms with van der Waals surface area (Å²) in [4.78, 5) is 9.05. The second-order valence-electron chi connectivity index (χ2n) is 5.93. The first-order valence-electron chi connectivity index (χ1n) is 8.00. The molecule has 2 aromatic heterocycles. The first-order chi connectivity index (χ1) is 11.7. The Kier molecular flexibility index (Phi) is 5.08. The summed E-state index contributed by atoms with van der Waals surface area (Å²) in [5, 5.41) is 6.86. The Morgan fingerprint density at radius 1 is 1.24 bits per heavy atom. The predicted molar refractivity (Wildman–Crippen MR) is 99.0 cm³/mol. The molecule has 0 atom stereocenters. The Labute approximate surface area is 155 Å². The highest BCUT2D eigenvalue weighted by Gasteiger charge is 2.39. The molecule has 2 heterocycles. The van der Waals surface area contributed by atoms with E-state index < -0.39 is 5.54 Å². The summed E-state index contributed by atoms with van der Waals surface area (Å²) in [5.74, 6) is 1.86. The maximum Gasteiger partial charge on any atom is 0.277 e. The van der Waals surface area contributed by atoms with Gasteiger partial charge in [-0.05, 0) is 50.5 Å². The van der Waals surface area contributed by atoms with Crippen LogP contribution in [0, 0.1) is 0 Å². The standard InChI is InChI=1S/C17H18N4O2S.ClH/c1-2-22-12-6-4-11(5-7-12)15-19-13(10-24-15)14-20-16(21-23-14)17(18)8-3-9-17;/h4-7,10H,2-3,8-9,18H2,1H3;1H. The summed E-state index contributed by atoms with van der Waals surface area (Å²) < 4.78 is 10.8. The first kappa shape index (κ1) is 17.8.